The average molecular weight is 297 g/mol. The van der Waals surface area contributed by atoms with Gasteiger partial charge in [0.25, 0.3) is 0 Å². The molecule has 0 spiro atoms. The number of rotatable bonds is 6. The van der Waals surface area contributed by atoms with Crippen LogP contribution < -0.4 is 10.5 Å². The van der Waals surface area contributed by atoms with Crippen LogP contribution in [0.1, 0.15) is 5.56 Å². The molecule has 4 nitrogen and oxygen atoms in total. The number of nitrogens with two attached hydrogens (primary N) is 1. The van der Waals surface area contributed by atoms with Crippen molar-refractivity contribution in [1.82, 2.24) is 0 Å². The van der Waals surface area contributed by atoms with Gasteiger partial charge in [-0.1, -0.05) is 22.8 Å². The summed E-state index contributed by atoms with van der Waals surface area (Å²) >= 11 is 7.39. The zero-order chi connectivity index (χ0) is 13.5. The van der Waals surface area contributed by atoms with Crippen LogP contribution in [0.4, 0.5) is 0 Å². The van der Waals surface area contributed by atoms with Crippen LogP contribution in [0.2, 0.25) is 5.02 Å². The average Bonchev–Trinajstić information content (AvgIpc) is 2.92. The zero-order valence-corrected chi connectivity index (χ0v) is 11.7. The molecule has 0 aliphatic heterocycles. The summed E-state index contributed by atoms with van der Waals surface area (Å²) in [5.74, 6) is 1.06. The minimum absolute atomic E-state index is 0.317. The quantitative estimate of drug-likeness (QED) is 0.386. The van der Waals surface area contributed by atoms with Crippen molar-refractivity contribution in [3.63, 3.8) is 0 Å². The molecular weight excluding hydrogens is 284 g/mol. The van der Waals surface area contributed by atoms with Gasteiger partial charge < -0.3 is 15.3 Å². The van der Waals surface area contributed by atoms with Crippen LogP contribution in [0, 0.1) is 0 Å². The molecule has 1 aromatic heterocycles. The first-order chi connectivity index (χ1) is 9.25. The van der Waals surface area contributed by atoms with Gasteiger partial charge >= 0.3 is 0 Å². The second-order valence-corrected chi connectivity index (χ2v) is 4.84. The minimum Gasteiger partial charge on any atom is -0.490 e. The topological polar surface area (TPSA) is 56.8 Å². The van der Waals surface area contributed by atoms with Crippen molar-refractivity contribution in [2.24, 2.45) is 10.9 Å². The maximum atomic E-state index is 5.83. The van der Waals surface area contributed by atoms with Crippen molar-refractivity contribution >= 4 is 28.8 Å². The van der Waals surface area contributed by atoms with Gasteiger partial charge in [-0.3, -0.25) is 0 Å². The van der Waals surface area contributed by atoms with Crippen molar-refractivity contribution in [2.45, 2.75) is 0 Å². The van der Waals surface area contributed by atoms with E-state index in [2.05, 4.69) is 5.16 Å². The Morgan fingerprint density at radius 2 is 2.21 bits per heavy atom. The molecule has 0 saturated heterocycles. The van der Waals surface area contributed by atoms with Gasteiger partial charge in [0.1, 0.15) is 12.4 Å². The molecule has 0 unspecified atom stereocenters. The van der Waals surface area contributed by atoms with E-state index >= 15 is 0 Å². The fourth-order valence-corrected chi connectivity index (χ4v) is 2.16. The number of thiophene rings is 1. The molecule has 0 radical (unpaired) electrons. The lowest BCUT2D eigenvalue weighted by molar-refractivity contribution is 0.107. The van der Waals surface area contributed by atoms with E-state index in [1.807, 2.05) is 29.0 Å². The number of nitrogens with zero attached hydrogens (tertiary/aromatic N) is 1. The SMILES string of the molecule is N/C(=N\OCCOc1cccc(Cl)c1)c1ccsc1. The molecule has 0 aliphatic carbocycles. The van der Waals surface area contributed by atoms with Crippen LogP contribution in [0.5, 0.6) is 5.75 Å². The lowest BCUT2D eigenvalue weighted by Crippen LogP contribution is -2.14. The minimum atomic E-state index is 0.317. The Hall–Kier alpha value is -1.72. The van der Waals surface area contributed by atoms with Crippen molar-refractivity contribution < 1.29 is 9.57 Å². The first-order valence-corrected chi connectivity index (χ1v) is 6.94. The fourth-order valence-electron chi connectivity index (χ4n) is 1.33. The van der Waals surface area contributed by atoms with Crippen LogP contribution in [-0.2, 0) is 4.84 Å². The predicted octanol–water partition coefficient (Wildman–Crippen LogP) is 3.12. The van der Waals surface area contributed by atoms with Gasteiger partial charge in [0.05, 0.1) is 0 Å². The van der Waals surface area contributed by atoms with Gasteiger partial charge in [-0.2, -0.15) is 11.3 Å². The summed E-state index contributed by atoms with van der Waals surface area (Å²) in [6.07, 6.45) is 0. The Morgan fingerprint density at radius 1 is 1.32 bits per heavy atom. The largest absolute Gasteiger partial charge is 0.490 e. The van der Waals surface area contributed by atoms with E-state index in [-0.39, 0.29) is 0 Å². The van der Waals surface area contributed by atoms with Crippen LogP contribution in [0.15, 0.2) is 46.2 Å². The number of hydrogen-bond donors (Lipinski definition) is 1. The molecule has 2 aromatic rings. The molecule has 6 heteroatoms. The van der Waals surface area contributed by atoms with E-state index in [1.165, 1.54) is 0 Å². The maximum Gasteiger partial charge on any atom is 0.171 e. The van der Waals surface area contributed by atoms with Gasteiger partial charge in [0.2, 0.25) is 0 Å². The van der Waals surface area contributed by atoms with E-state index in [1.54, 1.807) is 23.5 Å². The third-order valence-corrected chi connectivity index (χ3v) is 3.14. The zero-order valence-electron chi connectivity index (χ0n) is 10.1. The lowest BCUT2D eigenvalue weighted by atomic mass is 10.3. The molecule has 0 bridgehead atoms. The number of hydrogen-bond acceptors (Lipinski definition) is 4. The molecule has 2 N–H and O–H groups in total. The standard InChI is InChI=1S/C13H13ClN2O2S/c14-11-2-1-3-12(8-11)17-5-6-18-16-13(15)10-4-7-19-9-10/h1-4,7-9H,5-6H2,(H2,15,16). The van der Waals surface area contributed by atoms with Gasteiger partial charge in [0, 0.05) is 16.0 Å². The van der Waals surface area contributed by atoms with Crippen molar-refractivity contribution in [1.29, 1.82) is 0 Å². The van der Waals surface area contributed by atoms with E-state index in [0.717, 1.165) is 5.56 Å². The summed E-state index contributed by atoms with van der Waals surface area (Å²) in [6, 6.07) is 9.07. The Balaban J connectivity index is 1.71. The molecule has 0 saturated carbocycles. The van der Waals surface area contributed by atoms with Gasteiger partial charge in [-0.05, 0) is 29.6 Å². The smallest absolute Gasteiger partial charge is 0.171 e. The van der Waals surface area contributed by atoms with Gasteiger partial charge in [0.15, 0.2) is 12.4 Å². The Kier molecular flexibility index (Phi) is 5.06. The Bertz CT molecular complexity index is 543. The van der Waals surface area contributed by atoms with Crippen LogP contribution in [0.3, 0.4) is 0 Å². The first kappa shape index (κ1) is 13.7. The van der Waals surface area contributed by atoms with Crippen molar-refractivity contribution in [3.8, 4) is 5.75 Å². The highest BCUT2D eigenvalue weighted by Gasteiger charge is 1.99. The second kappa shape index (κ2) is 7.01. The number of halogens is 1. The normalized spacial score (nSPS) is 11.3. The number of benzene rings is 1. The third kappa shape index (κ3) is 4.46. The summed E-state index contributed by atoms with van der Waals surface area (Å²) in [4.78, 5) is 5.08. The van der Waals surface area contributed by atoms with E-state index < -0.39 is 0 Å². The molecule has 2 rings (SSSR count). The molecule has 0 atom stereocenters. The lowest BCUT2D eigenvalue weighted by Gasteiger charge is -2.05. The highest BCUT2D eigenvalue weighted by atomic mass is 35.5. The molecule has 0 aliphatic rings. The van der Waals surface area contributed by atoms with Crippen LogP contribution >= 0.6 is 22.9 Å². The number of oxime groups is 1. The Labute approximate surface area is 120 Å². The summed E-state index contributed by atoms with van der Waals surface area (Å²) in [7, 11) is 0. The molecule has 19 heavy (non-hydrogen) atoms. The predicted molar refractivity (Wildman–Crippen MR) is 77.9 cm³/mol. The first-order valence-electron chi connectivity index (χ1n) is 5.62. The van der Waals surface area contributed by atoms with Crippen molar-refractivity contribution in [2.75, 3.05) is 13.2 Å². The van der Waals surface area contributed by atoms with Crippen LogP contribution in [0.25, 0.3) is 0 Å². The van der Waals surface area contributed by atoms with Gasteiger partial charge in [-0.25, -0.2) is 0 Å². The Morgan fingerprint density at radius 3 is 2.95 bits per heavy atom. The summed E-state index contributed by atoms with van der Waals surface area (Å²) in [5, 5.41) is 8.29. The molecule has 0 fully saturated rings. The van der Waals surface area contributed by atoms with E-state index in [4.69, 9.17) is 26.9 Å². The summed E-state index contributed by atoms with van der Waals surface area (Å²) < 4.78 is 5.44. The summed E-state index contributed by atoms with van der Waals surface area (Å²) in [5.41, 5.74) is 6.59. The highest BCUT2D eigenvalue weighted by molar-refractivity contribution is 7.08. The molecule has 1 aromatic carbocycles. The van der Waals surface area contributed by atoms with E-state index in [9.17, 15) is 0 Å². The second-order valence-electron chi connectivity index (χ2n) is 3.63. The third-order valence-electron chi connectivity index (χ3n) is 2.22. The maximum absolute atomic E-state index is 5.83. The molecular formula is C13H13ClN2O2S. The number of ether oxygens (including phenoxy) is 1. The summed E-state index contributed by atoms with van der Waals surface area (Å²) in [6.45, 7) is 0.693. The monoisotopic (exact) mass is 296 g/mol. The fraction of sp³-hybridized carbons (Fsp3) is 0.154. The molecule has 0 amide bonds. The highest BCUT2D eigenvalue weighted by Crippen LogP contribution is 2.16. The van der Waals surface area contributed by atoms with Gasteiger partial charge in [-0.15, -0.1) is 0 Å². The van der Waals surface area contributed by atoms with Crippen molar-refractivity contribution in [3.05, 3.63) is 51.7 Å². The molecule has 100 valence electrons. The van der Waals surface area contributed by atoms with Crippen LogP contribution in [-0.4, -0.2) is 19.0 Å². The molecule has 1 heterocycles. The number of amidine groups is 1. The van der Waals surface area contributed by atoms with E-state index in [0.29, 0.717) is 29.8 Å².